The zero-order valence-electron chi connectivity index (χ0n) is 23.8. The Balaban J connectivity index is 0.00000648. The van der Waals surface area contributed by atoms with Crippen molar-refractivity contribution in [3.63, 3.8) is 0 Å². The van der Waals surface area contributed by atoms with Crippen molar-refractivity contribution in [1.29, 1.82) is 0 Å². The van der Waals surface area contributed by atoms with Gasteiger partial charge in [-0.2, -0.15) is 0 Å². The monoisotopic (exact) mass is 516 g/mol. The van der Waals surface area contributed by atoms with Gasteiger partial charge in [0.1, 0.15) is 12.4 Å². The third-order valence-electron chi connectivity index (χ3n) is 5.99. The van der Waals surface area contributed by atoms with Gasteiger partial charge in [-0.05, 0) is 87.7 Å². The maximum Gasteiger partial charge on any atom is 0.238 e. The highest BCUT2D eigenvalue weighted by molar-refractivity contribution is 5.85. The zero-order valence-corrected chi connectivity index (χ0v) is 24.6. The van der Waals surface area contributed by atoms with Crippen molar-refractivity contribution in [2.45, 2.75) is 92.8 Å². The van der Waals surface area contributed by atoms with Gasteiger partial charge in [-0.1, -0.05) is 77.1 Å². The highest BCUT2D eigenvalue weighted by atomic mass is 35.5. The SMILES string of the molecule is CC(C)CCN(CCC(C)(C)C)[C@@H](Cc1ccc(OCc2ccccc2)cc1)C(=O)NC(C)(C)C.Cl. The molecular formula is C31H49ClN2O2. The average molecular weight is 517 g/mol. The topological polar surface area (TPSA) is 41.6 Å². The summed E-state index contributed by atoms with van der Waals surface area (Å²) in [5.74, 6) is 1.55. The lowest BCUT2D eigenvalue weighted by molar-refractivity contribution is -0.128. The van der Waals surface area contributed by atoms with Crippen molar-refractivity contribution in [2.24, 2.45) is 11.3 Å². The molecule has 2 rings (SSSR count). The third kappa shape index (κ3) is 12.8. The van der Waals surface area contributed by atoms with Crippen molar-refractivity contribution in [1.82, 2.24) is 10.2 Å². The van der Waals surface area contributed by atoms with Crippen LogP contribution in [0.15, 0.2) is 54.6 Å². The van der Waals surface area contributed by atoms with E-state index in [1.165, 1.54) is 0 Å². The van der Waals surface area contributed by atoms with E-state index >= 15 is 0 Å². The Morgan fingerprint density at radius 2 is 1.50 bits per heavy atom. The number of hydrogen-bond donors (Lipinski definition) is 1. The number of nitrogens with one attached hydrogen (secondary N) is 1. The van der Waals surface area contributed by atoms with Crippen molar-refractivity contribution < 1.29 is 9.53 Å². The number of nitrogens with zero attached hydrogens (tertiary/aromatic N) is 1. The molecular weight excluding hydrogens is 468 g/mol. The summed E-state index contributed by atoms with van der Waals surface area (Å²) in [6.45, 7) is 19.8. The second-order valence-electron chi connectivity index (χ2n) is 12.4. The van der Waals surface area contributed by atoms with Crippen LogP contribution in [0.1, 0.15) is 79.4 Å². The van der Waals surface area contributed by atoms with Gasteiger partial charge in [-0.15, -0.1) is 12.4 Å². The molecule has 1 atom stereocenters. The molecule has 0 radical (unpaired) electrons. The summed E-state index contributed by atoms with van der Waals surface area (Å²) in [6, 6.07) is 18.2. The molecule has 0 fully saturated rings. The Labute approximate surface area is 226 Å². The van der Waals surface area contributed by atoms with Crippen molar-refractivity contribution >= 4 is 18.3 Å². The first kappa shape index (κ1) is 32.0. The maximum absolute atomic E-state index is 13.5. The molecule has 1 amide bonds. The number of carbonyl (C=O) groups is 1. The molecule has 1 N–H and O–H groups in total. The molecule has 0 bridgehead atoms. The van der Waals surface area contributed by atoms with Crippen LogP contribution in [0.3, 0.4) is 0 Å². The van der Waals surface area contributed by atoms with E-state index < -0.39 is 0 Å². The first-order valence-electron chi connectivity index (χ1n) is 13.1. The maximum atomic E-state index is 13.5. The molecule has 2 aromatic carbocycles. The summed E-state index contributed by atoms with van der Waals surface area (Å²) >= 11 is 0. The Bertz CT molecular complexity index is 884. The van der Waals surface area contributed by atoms with Crippen LogP contribution in [0, 0.1) is 11.3 Å². The van der Waals surface area contributed by atoms with Gasteiger partial charge < -0.3 is 10.1 Å². The number of amides is 1. The summed E-state index contributed by atoms with van der Waals surface area (Å²) in [5.41, 5.74) is 2.25. The van der Waals surface area contributed by atoms with E-state index in [9.17, 15) is 4.79 Å². The molecule has 4 nitrogen and oxygen atoms in total. The van der Waals surface area contributed by atoms with E-state index in [-0.39, 0.29) is 35.3 Å². The molecule has 0 unspecified atom stereocenters. The first-order chi connectivity index (χ1) is 16.3. The van der Waals surface area contributed by atoms with Crippen molar-refractivity contribution in [2.75, 3.05) is 13.1 Å². The second kappa shape index (κ2) is 14.6. The number of hydrogen-bond acceptors (Lipinski definition) is 3. The summed E-state index contributed by atoms with van der Waals surface area (Å²) in [5, 5.41) is 3.25. The number of rotatable bonds is 12. The molecule has 0 spiro atoms. The Morgan fingerprint density at radius 3 is 2.03 bits per heavy atom. The van der Waals surface area contributed by atoms with E-state index in [0.717, 1.165) is 42.8 Å². The lowest BCUT2D eigenvalue weighted by Gasteiger charge is -2.35. The summed E-state index contributed by atoms with van der Waals surface area (Å²) < 4.78 is 5.96. The molecule has 36 heavy (non-hydrogen) atoms. The van der Waals surface area contributed by atoms with Crippen LogP contribution in [0.25, 0.3) is 0 Å². The van der Waals surface area contributed by atoms with E-state index in [4.69, 9.17) is 4.74 Å². The molecule has 0 aromatic heterocycles. The van der Waals surface area contributed by atoms with Gasteiger partial charge >= 0.3 is 0 Å². The number of ether oxygens (including phenoxy) is 1. The molecule has 202 valence electrons. The predicted octanol–water partition coefficient (Wildman–Crippen LogP) is 7.30. The van der Waals surface area contributed by atoms with Gasteiger partial charge in [0, 0.05) is 5.54 Å². The van der Waals surface area contributed by atoms with Gasteiger partial charge in [-0.3, -0.25) is 9.69 Å². The third-order valence-corrected chi connectivity index (χ3v) is 5.99. The Hall–Kier alpha value is -2.04. The van der Waals surface area contributed by atoms with Gasteiger partial charge in [0.2, 0.25) is 5.91 Å². The van der Waals surface area contributed by atoms with Crippen LogP contribution in [-0.2, 0) is 17.8 Å². The minimum absolute atomic E-state index is 0. The Morgan fingerprint density at radius 1 is 0.889 bits per heavy atom. The fourth-order valence-corrected chi connectivity index (χ4v) is 3.85. The smallest absolute Gasteiger partial charge is 0.238 e. The minimum atomic E-state index is -0.266. The van der Waals surface area contributed by atoms with E-state index in [0.29, 0.717) is 18.9 Å². The van der Waals surface area contributed by atoms with E-state index in [1.54, 1.807) is 0 Å². The van der Waals surface area contributed by atoms with Crippen LogP contribution in [0.4, 0.5) is 0 Å². The molecule has 2 aromatic rings. The largest absolute Gasteiger partial charge is 0.489 e. The standard InChI is InChI=1S/C31H48N2O2.ClH/c1-24(2)18-20-33(21-19-30(3,4)5)28(29(34)32-31(6,7)8)22-25-14-16-27(17-15-25)35-23-26-12-10-9-11-13-26;/h9-17,24,28H,18-23H2,1-8H3,(H,32,34);1H/t28-;/m0./s1. The van der Waals surface area contributed by atoms with E-state index in [1.807, 2.05) is 30.3 Å². The molecule has 0 saturated heterocycles. The van der Waals surface area contributed by atoms with E-state index in [2.05, 4.69) is 89.9 Å². The normalized spacial score (nSPS) is 12.8. The number of carbonyl (C=O) groups excluding carboxylic acids is 1. The fraction of sp³-hybridized carbons (Fsp3) is 0.581. The van der Waals surface area contributed by atoms with Gasteiger partial charge in [0.25, 0.3) is 0 Å². The first-order valence-corrected chi connectivity index (χ1v) is 13.1. The lowest BCUT2D eigenvalue weighted by atomic mass is 9.91. The van der Waals surface area contributed by atoms with Crippen LogP contribution < -0.4 is 10.1 Å². The van der Waals surface area contributed by atoms with Crippen molar-refractivity contribution in [3.8, 4) is 5.75 Å². The summed E-state index contributed by atoms with van der Waals surface area (Å²) in [4.78, 5) is 15.9. The molecule has 0 aliphatic carbocycles. The summed E-state index contributed by atoms with van der Waals surface area (Å²) in [7, 11) is 0. The lowest BCUT2D eigenvalue weighted by Crippen LogP contribution is -2.54. The summed E-state index contributed by atoms with van der Waals surface area (Å²) in [6.07, 6.45) is 2.81. The molecule has 0 aliphatic heterocycles. The fourth-order valence-electron chi connectivity index (χ4n) is 3.85. The van der Waals surface area contributed by atoms with Crippen LogP contribution in [0.5, 0.6) is 5.75 Å². The van der Waals surface area contributed by atoms with Crippen molar-refractivity contribution in [3.05, 3.63) is 65.7 Å². The molecule has 0 saturated carbocycles. The molecule has 0 heterocycles. The highest BCUT2D eigenvalue weighted by Gasteiger charge is 2.29. The van der Waals surface area contributed by atoms with Gasteiger partial charge in [0.15, 0.2) is 0 Å². The minimum Gasteiger partial charge on any atom is -0.489 e. The van der Waals surface area contributed by atoms with Crippen LogP contribution >= 0.6 is 12.4 Å². The average Bonchev–Trinajstić information content (AvgIpc) is 2.76. The molecule has 0 aliphatic rings. The number of benzene rings is 2. The number of halogens is 1. The van der Waals surface area contributed by atoms with Gasteiger partial charge in [-0.25, -0.2) is 0 Å². The van der Waals surface area contributed by atoms with Crippen LogP contribution in [0.2, 0.25) is 0 Å². The second-order valence-corrected chi connectivity index (χ2v) is 12.4. The zero-order chi connectivity index (χ0) is 26.1. The highest BCUT2D eigenvalue weighted by Crippen LogP contribution is 2.23. The molecule has 5 heteroatoms. The van der Waals surface area contributed by atoms with Crippen LogP contribution in [-0.4, -0.2) is 35.5 Å². The predicted molar refractivity (Wildman–Crippen MR) is 155 cm³/mol. The quantitative estimate of drug-likeness (QED) is 0.322. The van der Waals surface area contributed by atoms with Gasteiger partial charge in [0.05, 0.1) is 6.04 Å². The Kier molecular flexibility index (Phi) is 13.0.